The van der Waals surface area contributed by atoms with E-state index in [0.717, 1.165) is 22.5 Å². The van der Waals surface area contributed by atoms with Crippen LogP contribution in [0, 0.1) is 6.92 Å². The molecular weight excluding hydrogens is 374 g/mol. The molecule has 140 valence electrons. The van der Waals surface area contributed by atoms with Crippen LogP contribution in [0.4, 0.5) is 11.6 Å². The Kier molecular flexibility index (Phi) is 4.62. The minimum atomic E-state index is -0.238. The van der Waals surface area contributed by atoms with Gasteiger partial charge in [0.1, 0.15) is 0 Å². The number of hydrogen-bond acceptors (Lipinski definition) is 5. The number of carbonyl (C=O) groups excluding carboxylic acids is 2. The van der Waals surface area contributed by atoms with E-state index in [4.69, 9.17) is 0 Å². The maximum Gasteiger partial charge on any atom is 0.258 e. The van der Waals surface area contributed by atoms with Gasteiger partial charge >= 0.3 is 0 Å². The quantitative estimate of drug-likeness (QED) is 0.551. The van der Waals surface area contributed by atoms with Crippen molar-refractivity contribution in [2.45, 2.75) is 13.8 Å². The van der Waals surface area contributed by atoms with Crippen molar-refractivity contribution in [3.05, 3.63) is 65.0 Å². The molecule has 2 aromatic carbocycles. The Morgan fingerprint density at radius 1 is 1.04 bits per heavy atom. The molecule has 2 heterocycles. The second-order valence-electron chi connectivity index (χ2n) is 6.28. The van der Waals surface area contributed by atoms with Gasteiger partial charge in [-0.2, -0.15) is 4.98 Å². The zero-order valence-electron chi connectivity index (χ0n) is 15.3. The summed E-state index contributed by atoms with van der Waals surface area (Å²) >= 11 is 1.44. The third kappa shape index (κ3) is 3.49. The van der Waals surface area contributed by atoms with E-state index in [9.17, 15) is 9.59 Å². The number of thiazole rings is 1. The van der Waals surface area contributed by atoms with E-state index in [1.807, 2.05) is 54.8 Å². The summed E-state index contributed by atoms with van der Waals surface area (Å²) in [6.45, 7) is 3.36. The highest BCUT2D eigenvalue weighted by Crippen LogP contribution is 2.27. The van der Waals surface area contributed by atoms with Gasteiger partial charge in [-0.3, -0.25) is 14.9 Å². The molecule has 0 fully saturated rings. The van der Waals surface area contributed by atoms with Crippen LogP contribution in [-0.4, -0.2) is 26.4 Å². The number of fused-ring (bicyclic) bond motifs is 1. The lowest BCUT2D eigenvalue weighted by Gasteiger charge is -2.04. The van der Waals surface area contributed by atoms with Gasteiger partial charge in [-0.25, -0.2) is 4.52 Å². The predicted molar refractivity (Wildman–Crippen MR) is 110 cm³/mol. The Hall–Kier alpha value is -3.52. The first-order valence-corrected chi connectivity index (χ1v) is 9.48. The van der Waals surface area contributed by atoms with Crippen LogP contribution in [0.25, 0.3) is 16.2 Å². The summed E-state index contributed by atoms with van der Waals surface area (Å²) in [5, 5.41) is 11.9. The van der Waals surface area contributed by atoms with Crippen LogP contribution < -0.4 is 10.6 Å². The van der Waals surface area contributed by atoms with Crippen LogP contribution in [0.5, 0.6) is 0 Å². The number of anilines is 2. The van der Waals surface area contributed by atoms with Gasteiger partial charge in [-0.05, 0) is 30.7 Å². The van der Waals surface area contributed by atoms with E-state index >= 15 is 0 Å². The molecule has 4 rings (SSSR count). The van der Waals surface area contributed by atoms with Gasteiger partial charge in [0.25, 0.3) is 11.9 Å². The number of carbonyl (C=O) groups is 2. The summed E-state index contributed by atoms with van der Waals surface area (Å²) in [4.78, 5) is 28.7. The fourth-order valence-electron chi connectivity index (χ4n) is 2.86. The van der Waals surface area contributed by atoms with E-state index in [1.165, 1.54) is 18.3 Å². The van der Waals surface area contributed by atoms with E-state index in [0.29, 0.717) is 10.5 Å². The zero-order valence-corrected chi connectivity index (χ0v) is 16.1. The third-order valence-corrected chi connectivity index (χ3v) is 5.01. The van der Waals surface area contributed by atoms with Crippen LogP contribution in [0.3, 0.4) is 0 Å². The number of rotatable bonds is 4. The molecule has 28 heavy (non-hydrogen) atoms. The normalized spacial score (nSPS) is 10.8. The minimum absolute atomic E-state index is 0.115. The summed E-state index contributed by atoms with van der Waals surface area (Å²) in [5.74, 6) is -0.0928. The zero-order chi connectivity index (χ0) is 19.7. The highest BCUT2D eigenvalue weighted by atomic mass is 32.1. The summed E-state index contributed by atoms with van der Waals surface area (Å²) < 4.78 is 1.70. The predicted octanol–water partition coefficient (Wildman–Crippen LogP) is 3.98. The molecule has 2 amide bonds. The van der Waals surface area contributed by atoms with Crippen molar-refractivity contribution in [3.8, 4) is 11.3 Å². The van der Waals surface area contributed by atoms with Crippen molar-refractivity contribution in [2.75, 3.05) is 10.6 Å². The fourth-order valence-corrected chi connectivity index (χ4v) is 3.69. The Morgan fingerprint density at radius 3 is 2.50 bits per heavy atom. The lowest BCUT2D eigenvalue weighted by molar-refractivity contribution is -0.114. The van der Waals surface area contributed by atoms with Crippen molar-refractivity contribution >= 4 is 39.7 Å². The van der Waals surface area contributed by atoms with Crippen LogP contribution in [0.2, 0.25) is 0 Å². The van der Waals surface area contributed by atoms with Gasteiger partial charge in [0.15, 0.2) is 0 Å². The van der Waals surface area contributed by atoms with Gasteiger partial charge in [0.2, 0.25) is 10.9 Å². The first-order chi connectivity index (χ1) is 13.5. The number of aryl methyl sites for hydroxylation is 1. The summed E-state index contributed by atoms with van der Waals surface area (Å²) in [6, 6.07) is 14.8. The molecule has 0 atom stereocenters. The Morgan fingerprint density at radius 2 is 1.79 bits per heavy atom. The van der Waals surface area contributed by atoms with Gasteiger partial charge in [0.05, 0.1) is 5.69 Å². The number of benzene rings is 2. The van der Waals surface area contributed by atoms with Crippen molar-refractivity contribution in [1.29, 1.82) is 0 Å². The van der Waals surface area contributed by atoms with Crippen molar-refractivity contribution < 1.29 is 9.59 Å². The number of nitrogens with zero attached hydrogens (tertiary/aromatic N) is 3. The second-order valence-corrected chi connectivity index (χ2v) is 7.11. The highest BCUT2D eigenvalue weighted by Gasteiger charge is 2.15. The molecular formula is C20H17N5O2S. The van der Waals surface area contributed by atoms with Crippen molar-refractivity contribution in [2.24, 2.45) is 0 Å². The second kappa shape index (κ2) is 7.24. The maximum absolute atomic E-state index is 12.5. The minimum Gasteiger partial charge on any atom is -0.326 e. The van der Waals surface area contributed by atoms with E-state index < -0.39 is 0 Å². The topological polar surface area (TPSA) is 88.4 Å². The van der Waals surface area contributed by atoms with Gasteiger partial charge in [-0.1, -0.05) is 30.3 Å². The first-order valence-electron chi connectivity index (χ1n) is 8.60. The van der Waals surface area contributed by atoms with E-state index in [1.54, 1.807) is 10.6 Å². The summed E-state index contributed by atoms with van der Waals surface area (Å²) in [7, 11) is 0. The first kappa shape index (κ1) is 17.9. The average molecular weight is 391 g/mol. The molecule has 0 saturated carbocycles. The smallest absolute Gasteiger partial charge is 0.258 e. The molecule has 8 heteroatoms. The molecule has 0 unspecified atom stereocenters. The summed E-state index contributed by atoms with van der Waals surface area (Å²) in [6.07, 6.45) is 0. The Balaban J connectivity index is 1.59. The lowest BCUT2D eigenvalue weighted by atomic mass is 10.1. The molecule has 7 nitrogen and oxygen atoms in total. The maximum atomic E-state index is 12.5. The number of amides is 2. The molecule has 2 N–H and O–H groups in total. The van der Waals surface area contributed by atoms with Crippen molar-refractivity contribution in [3.63, 3.8) is 0 Å². The molecule has 0 bridgehead atoms. The Bertz CT molecular complexity index is 1180. The van der Waals surface area contributed by atoms with Crippen molar-refractivity contribution in [1.82, 2.24) is 14.6 Å². The lowest BCUT2D eigenvalue weighted by Crippen LogP contribution is -2.14. The molecule has 2 aromatic heterocycles. The summed E-state index contributed by atoms with van der Waals surface area (Å²) in [5.41, 5.74) is 4.00. The van der Waals surface area contributed by atoms with Gasteiger partial charge < -0.3 is 5.32 Å². The molecule has 4 aromatic rings. The third-order valence-electron chi connectivity index (χ3n) is 4.20. The van der Waals surface area contributed by atoms with Crippen LogP contribution in [-0.2, 0) is 4.79 Å². The molecule has 0 aliphatic rings. The largest absolute Gasteiger partial charge is 0.326 e. The van der Waals surface area contributed by atoms with E-state index in [2.05, 4.69) is 20.7 Å². The fraction of sp³-hybridized carbons (Fsp3) is 0.100. The molecule has 0 spiro atoms. The SMILES string of the molecule is CC(=O)Nc1ccc(-c2csc3nc(NC(=O)c4ccccc4C)nn23)cc1. The standard InChI is InChI=1S/C20H17N5O2S/c1-12-5-3-4-6-16(12)18(27)22-19-23-20-25(24-19)17(11-28-20)14-7-9-15(10-8-14)21-13(2)26/h3-11H,1-2H3,(H,21,26)(H,22,24,27). The number of aromatic nitrogens is 3. The van der Waals surface area contributed by atoms with E-state index in [-0.39, 0.29) is 17.8 Å². The Labute approximate surface area is 165 Å². The van der Waals surface area contributed by atoms with Crippen LogP contribution >= 0.6 is 11.3 Å². The van der Waals surface area contributed by atoms with Gasteiger partial charge in [0, 0.05) is 29.1 Å². The van der Waals surface area contributed by atoms with Gasteiger partial charge in [-0.15, -0.1) is 16.4 Å². The van der Waals surface area contributed by atoms with Crippen LogP contribution in [0.1, 0.15) is 22.8 Å². The molecule has 0 saturated heterocycles. The molecule has 0 aliphatic heterocycles. The van der Waals surface area contributed by atoms with Crippen LogP contribution in [0.15, 0.2) is 53.9 Å². The number of hydrogen-bond donors (Lipinski definition) is 2. The molecule has 0 radical (unpaired) electrons. The number of nitrogens with one attached hydrogen (secondary N) is 2. The highest BCUT2D eigenvalue weighted by molar-refractivity contribution is 7.15. The average Bonchev–Trinajstić information content (AvgIpc) is 3.22. The monoisotopic (exact) mass is 391 g/mol. The molecule has 0 aliphatic carbocycles.